The molecule has 2 heterocycles. The molecule has 0 saturated carbocycles. The van der Waals surface area contributed by atoms with Crippen molar-refractivity contribution in [2.24, 2.45) is 0 Å². The van der Waals surface area contributed by atoms with Crippen LogP contribution in [0, 0.1) is 0 Å². The Labute approximate surface area is 122 Å². The lowest BCUT2D eigenvalue weighted by atomic mass is 10.1. The predicted molar refractivity (Wildman–Crippen MR) is 72.9 cm³/mol. The van der Waals surface area contributed by atoms with Gasteiger partial charge in [0.2, 0.25) is 10.0 Å². The first-order chi connectivity index (χ1) is 8.96. The van der Waals surface area contributed by atoms with Crippen LogP contribution in [0.3, 0.4) is 0 Å². The van der Waals surface area contributed by atoms with Crippen LogP contribution in [-0.2, 0) is 10.0 Å². The number of hydrogen-bond acceptors (Lipinski definition) is 4. The van der Waals surface area contributed by atoms with Crippen LogP contribution in [-0.4, -0.2) is 42.0 Å². The molecule has 8 heteroatoms. The first kappa shape index (κ1) is 15.0. The Morgan fingerprint density at radius 3 is 2.79 bits per heavy atom. The Balaban J connectivity index is 2.37. The summed E-state index contributed by atoms with van der Waals surface area (Å²) in [6.07, 6.45) is 3.54. The van der Waals surface area contributed by atoms with E-state index in [-0.39, 0.29) is 27.7 Å². The Morgan fingerprint density at radius 2 is 2.16 bits per heavy atom. The number of aromatic nitrogens is 1. The Bertz CT molecular complexity index is 565. The maximum atomic E-state index is 12.5. The number of nitrogens with zero attached hydrogens (tertiary/aromatic N) is 2. The van der Waals surface area contributed by atoms with E-state index in [9.17, 15) is 13.5 Å². The molecule has 19 heavy (non-hydrogen) atoms. The van der Waals surface area contributed by atoms with Crippen molar-refractivity contribution in [1.29, 1.82) is 0 Å². The molecule has 0 aromatic carbocycles. The van der Waals surface area contributed by atoms with Crippen LogP contribution in [0.4, 0.5) is 0 Å². The molecule has 0 aliphatic carbocycles. The molecule has 0 radical (unpaired) electrons. The number of aliphatic hydroxyl groups is 1. The zero-order chi connectivity index (χ0) is 14.0. The van der Waals surface area contributed by atoms with E-state index in [2.05, 4.69) is 4.98 Å². The summed E-state index contributed by atoms with van der Waals surface area (Å²) in [6, 6.07) is 0.906. The Morgan fingerprint density at radius 1 is 1.42 bits per heavy atom. The lowest BCUT2D eigenvalue weighted by molar-refractivity contribution is 0.155. The third-order valence-corrected chi connectivity index (χ3v) is 5.76. The second-order valence-corrected chi connectivity index (χ2v) is 7.05. The van der Waals surface area contributed by atoms with Gasteiger partial charge < -0.3 is 5.11 Å². The zero-order valence-corrected chi connectivity index (χ0v) is 12.4. The van der Waals surface area contributed by atoms with Crippen molar-refractivity contribution in [3.63, 3.8) is 0 Å². The highest BCUT2D eigenvalue weighted by atomic mass is 35.5. The molecule has 1 aromatic heterocycles. The molecule has 1 unspecified atom stereocenters. The third-order valence-electron chi connectivity index (χ3n) is 3.16. The molecule has 1 N–H and O–H groups in total. The van der Waals surface area contributed by atoms with Gasteiger partial charge in [0.1, 0.15) is 10.0 Å². The smallest absolute Gasteiger partial charge is 0.244 e. The molecule has 1 atom stereocenters. The molecule has 1 aromatic rings. The molecular weight excluding hydrogens is 311 g/mol. The van der Waals surface area contributed by atoms with Gasteiger partial charge in [0.05, 0.1) is 11.6 Å². The summed E-state index contributed by atoms with van der Waals surface area (Å²) in [5, 5.41) is 9.47. The number of aliphatic hydroxyl groups excluding tert-OH is 1. The molecule has 1 saturated heterocycles. The fourth-order valence-electron chi connectivity index (χ4n) is 2.15. The minimum Gasteiger partial charge on any atom is -0.395 e. The summed E-state index contributed by atoms with van der Waals surface area (Å²) >= 11 is 11.5. The van der Waals surface area contributed by atoms with Crippen LogP contribution in [0.2, 0.25) is 10.2 Å². The second-order valence-electron chi connectivity index (χ2n) is 4.39. The van der Waals surface area contributed by atoms with Crippen molar-refractivity contribution in [2.75, 3.05) is 13.2 Å². The number of hydrogen-bond donors (Lipinski definition) is 1. The van der Waals surface area contributed by atoms with E-state index in [0.717, 1.165) is 12.8 Å². The average Bonchev–Trinajstić information content (AvgIpc) is 2.41. The minimum absolute atomic E-state index is 0.00208. The maximum absolute atomic E-state index is 12.5. The van der Waals surface area contributed by atoms with Crippen molar-refractivity contribution in [1.82, 2.24) is 9.29 Å². The van der Waals surface area contributed by atoms with Crippen LogP contribution in [0.1, 0.15) is 19.3 Å². The molecule has 1 aliphatic heterocycles. The first-order valence-corrected chi connectivity index (χ1v) is 8.10. The topological polar surface area (TPSA) is 70.5 Å². The maximum Gasteiger partial charge on any atom is 0.244 e. The van der Waals surface area contributed by atoms with Crippen LogP contribution in [0.25, 0.3) is 0 Å². The SMILES string of the molecule is O=S(=O)(c1cnc(Cl)c(Cl)c1)N1CCCCC1CO. The number of piperidine rings is 1. The third kappa shape index (κ3) is 3.03. The monoisotopic (exact) mass is 324 g/mol. The quantitative estimate of drug-likeness (QED) is 0.862. The van der Waals surface area contributed by atoms with Gasteiger partial charge in [-0.1, -0.05) is 29.6 Å². The summed E-state index contributed by atoms with van der Waals surface area (Å²) in [5.41, 5.74) is 0. The molecule has 0 spiro atoms. The predicted octanol–water partition coefficient (Wildman–Crippen LogP) is 1.92. The van der Waals surface area contributed by atoms with Crippen molar-refractivity contribution in [2.45, 2.75) is 30.2 Å². The van der Waals surface area contributed by atoms with E-state index in [1.165, 1.54) is 16.6 Å². The van der Waals surface area contributed by atoms with Gasteiger partial charge in [-0.3, -0.25) is 0 Å². The molecule has 0 amide bonds. The Kier molecular flexibility index (Phi) is 4.68. The molecular formula is C11H14Cl2N2O3S. The van der Waals surface area contributed by atoms with Crippen molar-refractivity contribution in [3.8, 4) is 0 Å². The van der Waals surface area contributed by atoms with Crippen LogP contribution in [0.5, 0.6) is 0 Å². The highest BCUT2D eigenvalue weighted by molar-refractivity contribution is 7.89. The van der Waals surface area contributed by atoms with Gasteiger partial charge in [0.25, 0.3) is 0 Å². The van der Waals surface area contributed by atoms with Crippen molar-refractivity contribution < 1.29 is 13.5 Å². The van der Waals surface area contributed by atoms with E-state index in [1.807, 2.05) is 0 Å². The van der Waals surface area contributed by atoms with Crippen molar-refractivity contribution in [3.05, 3.63) is 22.4 Å². The lowest BCUT2D eigenvalue weighted by Crippen LogP contribution is -2.45. The highest BCUT2D eigenvalue weighted by Crippen LogP contribution is 2.28. The summed E-state index contributed by atoms with van der Waals surface area (Å²) in [7, 11) is -3.69. The van der Waals surface area contributed by atoms with Gasteiger partial charge in [-0.2, -0.15) is 4.31 Å². The van der Waals surface area contributed by atoms with E-state index >= 15 is 0 Å². The fourth-order valence-corrected chi connectivity index (χ4v) is 4.14. The molecule has 5 nitrogen and oxygen atoms in total. The number of pyridine rings is 1. The van der Waals surface area contributed by atoms with Gasteiger partial charge in [-0.15, -0.1) is 0 Å². The standard InChI is InChI=1S/C11H14Cl2N2O3S/c12-10-5-9(6-14-11(10)13)19(17,18)15-4-2-1-3-8(15)7-16/h5-6,8,16H,1-4,7H2. The van der Waals surface area contributed by atoms with E-state index < -0.39 is 10.0 Å². The van der Waals surface area contributed by atoms with Crippen LogP contribution < -0.4 is 0 Å². The normalized spacial score (nSPS) is 21.5. The second kappa shape index (κ2) is 5.93. The van der Waals surface area contributed by atoms with Crippen molar-refractivity contribution >= 4 is 33.2 Å². The fraction of sp³-hybridized carbons (Fsp3) is 0.545. The molecule has 1 fully saturated rings. The molecule has 106 valence electrons. The zero-order valence-electron chi connectivity index (χ0n) is 10.1. The minimum atomic E-state index is -3.69. The summed E-state index contributed by atoms with van der Waals surface area (Å²) in [4.78, 5) is 3.76. The highest BCUT2D eigenvalue weighted by Gasteiger charge is 2.33. The van der Waals surface area contributed by atoms with Gasteiger partial charge in [0.15, 0.2) is 0 Å². The van der Waals surface area contributed by atoms with Gasteiger partial charge in [-0.05, 0) is 18.9 Å². The number of sulfonamides is 1. The number of halogens is 2. The molecule has 0 bridgehead atoms. The van der Waals surface area contributed by atoms with E-state index in [4.69, 9.17) is 23.2 Å². The van der Waals surface area contributed by atoms with Crippen LogP contribution >= 0.6 is 23.2 Å². The molecule has 2 rings (SSSR count). The Hall–Kier alpha value is -0.400. The van der Waals surface area contributed by atoms with Crippen LogP contribution in [0.15, 0.2) is 17.2 Å². The van der Waals surface area contributed by atoms with Gasteiger partial charge >= 0.3 is 0 Å². The molecule has 1 aliphatic rings. The summed E-state index contributed by atoms with van der Waals surface area (Å²) in [5.74, 6) is 0. The van der Waals surface area contributed by atoms with Gasteiger partial charge in [0, 0.05) is 18.8 Å². The van der Waals surface area contributed by atoms with Gasteiger partial charge in [-0.25, -0.2) is 13.4 Å². The lowest BCUT2D eigenvalue weighted by Gasteiger charge is -2.33. The first-order valence-electron chi connectivity index (χ1n) is 5.90. The van der Waals surface area contributed by atoms with E-state index in [0.29, 0.717) is 13.0 Å². The average molecular weight is 325 g/mol. The largest absolute Gasteiger partial charge is 0.395 e. The number of rotatable bonds is 3. The summed E-state index contributed by atoms with van der Waals surface area (Å²) < 4.78 is 26.3. The summed E-state index contributed by atoms with van der Waals surface area (Å²) in [6.45, 7) is 0.210. The van der Waals surface area contributed by atoms with E-state index in [1.54, 1.807) is 0 Å².